The lowest BCUT2D eigenvalue weighted by atomic mass is 10.1. The zero-order valence-electron chi connectivity index (χ0n) is 13.2. The Labute approximate surface area is 143 Å². The van der Waals surface area contributed by atoms with E-state index in [-0.39, 0.29) is 10.6 Å². The van der Waals surface area contributed by atoms with Crippen molar-refractivity contribution in [1.82, 2.24) is 9.78 Å². The lowest BCUT2D eigenvalue weighted by molar-refractivity contribution is 0.146. The molecule has 0 unspecified atom stereocenters. The smallest absolute Gasteiger partial charge is 0.240 e. The van der Waals surface area contributed by atoms with Gasteiger partial charge >= 0.3 is 0 Å². The second-order valence-corrected chi connectivity index (χ2v) is 7.14. The largest absolute Gasteiger partial charge is 0.282 e. The van der Waals surface area contributed by atoms with Crippen LogP contribution in [0.4, 0.5) is 8.78 Å². The molecule has 0 aliphatic rings. The number of aryl methyl sites for hydroxylation is 1. The Morgan fingerprint density at radius 1 is 1.04 bits per heavy atom. The summed E-state index contributed by atoms with van der Waals surface area (Å²) >= 11 is 0. The fraction of sp³-hybridized carbons (Fsp3) is 0.118. The Morgan fingerprint density at radius 3 is 2.16 bits per heavy atom. The van der Waals surface area contributed by atoms with Crippen molar-refractivity contribution in [3.63, 3.8) is 0 Å². The predicted molar refractivity (Wildman–Crippen MR) is 90.1 cm³/mol. The summed E-state index contributed by atoms with van der Waals surface area (Å²) in [4.78, 5) is -0.0590. The Hall–Kier alpha value is -2.58. The van der Waals surface area contributed by atoms with E-state index in [1.807, 2.05) is 19.1 Å². The number of benzene rings is 2. The monoisotopic (exact) mass is 363 g/mol. The van der Waals surface area contributed by atoms with E-state index in [0.29, 0.717) is 16.8 Å². The summed E-state index contributed by atoms with van der Waals surface area (Å²) in [6.07, 6.45) is -1.24. The van der Waals surface area contributed by atoms with Crippen LogP contribution in [-0.4, -0.2) is 18.2 Å². The number of rotatable bonds is 4. The molecular weight excluding hydrogens is 348 g/mol. The van der Waals surface area contributed by atoms with E-state index >= 15 is 0 Å². The number of sulfonamides is 1. The molecule has 2 N–H and O–H groups in total. The van der Waals surface area contributed by atoms with Crippen molar-refractivity contribution in [3.05, 3.63) is 66.0 Å². The van der Waals surface area contributed by atoms with Crippen LogP contribution in [0.5, 0.6) is 0 Å². The highest BCUT2D eigenvalue weighted by atomic mass is 32.2. The van der Waals surface area contributed by atoms with Crippen LogP contribution in [-0.2, 0) is 10.0 Å². The minimum atomic E-state index is -3.81. The maximum Gasteiger partial charge on any atom is 0.282 e. The molecule has 0 spiro atoms. The SMILES string of the molecule is Cc1ccc(-c2cn(-c3ccc(S(N)(=O)=O)cc3)nc2C(F)F)cc1. The van der Waals surface area contributed by atoms with Gasteiger partial charge in [-0.3, -0.25) is 0 Å². The Kier molecular flexibility index (Phi) is 4.40. The van der Waals surface area contributed by atoms with Gasteiger partial charge in [0.15, 0.2) is 0 Å². The number of nitrogens with two attached hydrogens (primary N) is 1. The first kappa shape index (κ1) is 17.2. The van der Waals surface area contributed by atoms with Crippen molar-refractivity contribution in [2.24, 2.45) is 5.14 Å². The second-order valence-electron chi connectivity index (χ2n) is 5.58. The average molecular weight is 363 g/mol. The quantitative estimate of drug-likeness (QED) is 0.771. The maximum absolute atomic E-state index is 13.4. The molecule has 1 heterocycles. The molecule has 2 aromatic carbocycles. The molecule has 0 saturated carbocycles. The predicted octanol–water partition coefficient (Wildman–Crippen LogP) is 3.43. The maximum atomic E-state index is 13.4. The number of primary sulfonamides is 1. The van der Waals surface area contributed by atoms with Gasteiger partial charge in [-0.15, -0.1) is 0 Å². The van der Waals surface area contributed by atoms with Crippen LogP contribution in [0.3, 0.4) is 0 Å². The lowest BCUT2D eigenvalue weighted by Gasteiger charge is -2.02. The van der Waals surface area contributed by atoms with Gasteiger partial charge in [-0.2, -0.15) is 5.10 Å². The molecule has 0 atom stereocenters. The number of hydrogen-bond donors (Lipinski definition) is 1. The number of nitrogens with zero attached hydrogens (tertiary/aromatic N) is 2. The van der Waals surface area contributed by atoms with E-state index in [4.69, 9.17) is 5.14 Å². The summed E-state index contributed by atoms with van der Waals surface area (Å²) in [6.45, 7) is 1.91. The number of halogens is 2. The average Bonchev–Trinajstić information content (AvgIpc) is 3.00. The van der Waals surface area contributed by atoms with Gasteiger partial charge in [-0.05, 0) is 36.8 Å². The summed E-state index contributed by atoms with van der Waals surface area (Å²) in [5.74, 6) is 0. The van der Waals surface area contributed by atoms with Crippen LogP contribution in [0.1, 0.15) is 17.7 Å². The lowest BCUT2D eigenvalue weighted by Crippen LogP contribution is -2.12. The molecule has 0 bridgehead atoms. The molecule has 130 valence electrons. The van der Waals surface area contributed by atoms with Crippen molar-refractivity contribution >= 4 is 10.0 Å². The minimum Gasteiger partial charge on any atom is -0.240 e. The summed E-state index contributed by atoms with van der Waals surface area (Å²) in [7, 11) is -3.81. The zero-order valence-corrected chi connectivity index (χ0v) is 14.0. The molecule has 3 aromatic rings. The molecule has 0 aliphatic heterocycles. The standard InChI is InChI=1S/C17H15F2N3O2S/c1-11-2-4-12(5-3-11)15-10-22(21-16(15)17(18)19)13-6-8-14(9-7-13)25(20,23)24/h2-10,17H,1H3,(H2,20,23,24). The molecule has 1 aromatic heterocycles. The minimum absolute atomic E-state index is 0.0590. The van der Waals surface area contributed by atoms with E-state index in [2.05, 4.69) is 5.10 Å². The molecule has 8 heteroatoms. The molecule has 0 fully saturated rings. The van der Waals surface area contributed by atoms with Gasteiger partial charge in [0.25, 0.3) is 6.43 Å². The fourth-order valence-corrected chi connectivity index (χ4v) is 2.94. The molecule has 0 aliphatic carbocycles. The molecule has 5 nitrogen and oxygen atoms in total. The highest BCUT2D eigenvalue weighted by Gasteiger charge is 2.20. The molecule has 0 radical (unpaired) electrons. The van der Waals surface area contributed by atoms with Crippen molar-refractivity contribution in [1.29, 1.82) is 0 Å². The third-order valence-electron chi connectivity index (χ3n) is 3.74. The van der Waals surface area contributed by atoms with Crippen molar-refractivity contribution in [2.75, 3.05) is 0 Å². The fourth-order valence-electron chi connectivity index (χ4n) is 2.42. The van der Waals surface area contributed by atoms with Gasteiger partial charge in [0, 0.05) is 11.8 Å². The Bertz CT molecular complexity index is 995. The topological polar surface area (TPSA) is 78.0 Å². The second kappa shape index (κ2) is 6.38. The highest BCUT2D eigenvalue weighted by molar-refractivity contribution is 7.89. The first-order valence-corrected chi connectivity index (χ1v) is 8.88. The first-order chi connectivity index (χ1) is 11.8. The van der Waals surface area contributed by atoms with Crippen LogP contribution in [0.25, 0.3) is 16.8 Å². The Morgan fingerprint density at radius 2 is 1.64 bits per heavy atom. The molecular formula is C17H15F2N3O2S. The first-order valence-electron chi connectivity index (χ1n) is 7.34. The third-order valence-corrected chi connectivity index (χ3v) is 4.67. The number of aromatic nitrogens is 2. The summed E-state index contributed by atoms with van der Waals surface area (Å²) < 4.78 is 50.6. The van der Waals surface area contributed by atoms with E-state index in [0.717, 1.165) is 5.56 Å². The van der Waals surface area contributed by atoms with E-state index < -0.39 is 16.4 Å². The third kappa shape index (κ3) is 3.59. The van der Waals surface area contributed by atoms with Gasteiger partial charge in [0.2, 0.25) is 10.0 Å². The van der Waals surface area contributed by atoms with Gasteiger partial charge < -0.3 is 0 Å². The number of alkyl halides is 2. The van der Waals surface area contributed by atoms with Gasteiger partial charge in [-0.1, -0.05) is 29.8 Å². The zero-order chi connectivity index (χ0) is 18.2. The number of hydrogen-bond acceptors (Lipinski definition) is 3. The Balaban J connectivity index is 2.06. The van der Waals surface area contributed by atoms with Crippen LogP contribution >= 0.6 is 0 Å². The normalized spacial score (nSPS) is 11.9. The van der Waals surface area contributed by atoms with Crippen LogP contribution < -0.4 is 5.14 Å². The highest BCUT2D eigenvalue weighted by Crippen LogP contribution is 2.31. The molecule has 0 saturated heterocycles. The van der Waals surface area contributed by atoms with E-state index in [9.17, 15) is 17.2 Å². The van der Waals surface area contributed by atoms with Crippen molar-refractivity contribution in [2.45, 2.75) is 18.2 Å². The van der Waals surface area contributed by atoms with E-state index in [1.165, 1.54) is 35.1 Å². The van der Waals surface area contributed by atoms with Crippen molar-refractivity contribution < 1.29 is 17.2 Å². The van der Waals surface area contributed by atoms with Crippen molar-refractivity contribution in [3.8, 4) is 16.8 Å². The van der Waals surface area contributed by atoms with Crippen LogP contribution in [0.2, 0.25) is 0 Å². The molecule has 3 rings (SSSR count). The summed E-state index contributed by atoms with van der Waals surface area (Å²) in [5.41, 5.74) is 2.10. The van der Waals surface area contributed by atoms with Crippen LogP contribution in [0, 0.1) is 6.92 Å². The molecule has 0 amide bonds. The van der Waals surface area contributed by atoms with E-state index in [1.54, 1.807) is 12.1 Å². The van der Waals surface area contributed by atoms with Gasteiger partial charge in [0.05, 0.1) is 10.6 Å². The van der Waals surface area contributed by atoms with Gasteiger partial charge in [-0.25, -0.2) is 27.0 Å². The summed E-state index contributed by atoms with van der Waals surface area (Å²) in [5, 5.41) is 9.01. The summed E-state index contributed by atoms with van der Waals surface area (Å²) in [6, 6.07) is 12.7. The molecule has 25 heavy (non-hydrogen) atoms. The van der Waals surface area contributed by atoms with Gasteiger partial charge in [0.1, 0.15) is 5.69 Å². The van der Waals surface area contributed by atoms with Crippen LogP contribution in [0.15, 0.2) is 59.6 Å².